The third kappa shape index (κ3) is 3.06. The monoisotopic (exact) mass is 308 g/mol. The number of hydrogen-bond acceptors (Lipinski definition) is 2. The predicted octanol–water partition coefficient (Wildman–Crippen LogP) is 3.97. The zero-order chi connectivity index (χ0) is 16.4. The maximum Gasteiger partial charge on any atom is 0.228 e. The highest BCUT2D eigenvalue weighted by molar-refractivity contribution is 5.97. The molecule has 3 aromatic rings. The molecule has 4 heteroatoms. The summed E-state index contributed by atoms with van der Waals surface area (Å²) >= 11 is 0. The molecule has 0 fully saturated rings. The van der Waals surface area contributed by atoms with Crippen molar-refractivity contribution in [3.8, 4) is 5.75 Å². The van der Waals surface area contributed by atoms with E-state index < -0.39 is 0 Å². The van der Waals surface area contributed by atoms with E-state index in [1.165, 1.54) is 0 Å². The van der Waals surface area contributed by atoms with Crippen molar-refractivity contribution in [1.82, 2.24) is 4.98 Å². The smallest absolute Gasteiger partial charge is 0.228 e. The molecular formula is C19H20N2O2. The van der Waals surface area contributed by atoms with Gasteiger partial charge < -0.3 is 15.0 Å². The first-order valence-corrected chi connectivity index (χ1v) is 7.58. The highest BCUT2D eigenvalue weighted by Crippen LogP contribution is 2.25. The number of H-pyrrole nitrogens is 1. The minimum Gasteiger partial charge on any atom is -0.497 e. The third-order valence-electron chi connectivity index (χ3n) is 4.07. The topological polar surface area (TPSA) is 54.1 Å². The second-order valence-corrected chi connectivity index (χ2v) is 5.72. The van der Waals surface area contributed by atoms with Crippen LogP contribution in [0.1, 0.15) is 16.7 Å². The average molecular weight is 308 g/mol. The van der Waals surface area contributed by atoms with Gasteiger partial charge in [-0.2, -0.15) is 0 Å². The Balaban J connectivity index is 1.83. The number of hydrogen-bond donors (Lipinski definition) is 2. The van der Waals surface area contributed by atoms with Crippen molar-refractivity contribution in [3.05, 3.63) is 59.3 Å². The third-order valence-corrected chi connectivity index (χ3v) is 4.07. The van der Waals surface area contributed by atoms with Gasteiger partial charge >= 0.3 is 0 Å². The largest absolute Gasteiger partial charge is 0.497 e. The number of carbonyl (C=O) groups excluding carboxylic acids is 1. The number of aromatic nitrogens is 1. The van der Waals surface area contributed by atoms with Crippen LogP contribution in [-0.2, 0) is 11.2 Å². The van der Waals surface area contributed by atoms with E-state index in [0.717, 1.165) is 39.0 Å². The minimum absolute atomic E-state index is 0.0221. The van der Waals surface area contributed by atoms with Crippen LogP contribution < -0.4 is 10.1 Å². The molecule has 4 nitrogen and oxygen atoms in total. The molecule has 2 N–H and O–H groups in total. The quantitative estimate of drug-likeness (QED) is 0.766. The van der Waals surface area contributed by atoms with Crippen LogP contribution >= 0.6 is 0 Å². The van der Waals surface area contributed by atoms with E-state index in [2.05, 4.69) is 10.3 Å². The predicted molar refractivity (Wildman–Crippen MR) is 93.1 cm³/mol. The fraction of sp³-hybridized carbons (Fsp3) is 0.211. The van der Waals surface area contributed by atoms with Crippen LogP contribution in [0.4, 0.5) is 5.69 Å². The fourth-order valence-electron chi connectivity index (χ4n) is 2.80. The molecule has 3 rings (SSSR count). The maximum atomic E-state index is 12.4. The summed E-state index contributed by atoms with van der Waals surface area (Å²) in [6, 6.07) is 11.8. The Bertz CT molecular complexity index is 845. The van der Waals surface area contributed by atoms with E-state index in [0.29, 0.717) is 6.42 Å². The van der Waals surface area contributed by atoms with Gasteiger partial charge in [-0.1, -0.05) is 18.2 Å². The standard InChI is InChI=1S/C19H20N2O2/c1-12-5-4-6-13(2)19(12)21-18(22)9-14-11-20-17-8-7-15(23-3)10-16(14)17/h4-8,10-11,20H,9H2,1-3H3,(H,21,22). The van der Waals surface area contributed by atoms with Crippen molar-refractivity contribution in [3.63, 3.8) is 0 Å². The van der Waals surface area contributed by atoms with E-state index in [4.69, 9.17) is 4.74 Å². The van der Waals surface area contributed by atoms with Crippen molar-refractivity contribution in [2.45, 2.75) is 20.3 Å². The number of nitrogens with one attached hydrogen (secondary N) is 2. The lowest BCUT2D eigenvalue weighted by Crippen LogP contribution is -2.15. The summed E-state index contributed by atoms with van der Waals surface area (Å²) in [6.07, 6.45) is 2.20. The summed E-state index contributed by atoms with van der Waals surface area (Å²) in [4.78, 5) is 15.6. The second kappa shape index (κ2) is 6.16. The first-order valence-electron chi connectivity index (χ1n) is 7.58. The van der Waals surface area contributed by atoms with Gasteiger partial charge in [0, 0.05) is 22.8 Å². The van der Waals surface area contributed by atoms with Crippen LogP contribution in [0.5, 0.6) is 5.75 Å². The molecule has 0 bridgehead atoms. The maximum absolute atomic E-state index is 12.4. The van der Waals surface area contributed by atoms with Gasteiger partial charge in [0.2, 0.25) is 5.91 Å². The van der Waals surface area contributed by atoms with Crippen LogP contribution in [-0.4, -0.2) is 18.0 Å². The van der Waals surface area contributed by atoms with Crippen molar-refractivity contribution < 1.29 is 9.53 Å². The number of ether oxygens (including phenoxy) is 1. The lowest BCUT2D eigenvalue weighted by Gasteiger charge is -2.11. The average Bonchev–Trinajstić information content (AvgIpc) is 2.93. The molecule has 0 radical (unpaired) electrons. The number of anilines is 1. The number of amides is 1. The molecule has 0 aliphatic carbocycles. The van der Waals surface area contributed by atoms with Gasteiger partial charge in [0.05, 0.1) is 13.5 Å². The summed E-state index contributed by atoms with van der Waals surface area (Å²) in [5.74, 6) is 0.764. The molecule has 2 aromatic carbocycles. The van der Waals surface area contributed by atoms with Gasteiger partial charge in [-0.3, -0.25) is 4.79 Å². The molecule has 0 aliphatic rings. The molecular weight excluding hydrogens is 288 g/mol. The normalized spacial score (nSPS) is 10.7. The number of methoxy groups -OCH3 is 1. The van der Waals surface area contributed by atoms with E-state index in [1.54, 1.807) is 7.11 Å². The van der Waals surface area contributed by atoms with Gasteiger partial charge in [-0.05, 0) is 48.7 Å². The Morgan fingerprint density at radius 2 is 1.91 bits per heavy atom. The van der Waals surface area contributed by atoms with Gasteiger partial charge in [0.1, 0.15) is 5.75 Å². The summed E-state index contributed by atoms with van der Waals surface area (Å²) in [6.45, 7) is 4.00. The number of benzene rings is 2. The molecule has 1 aromatic heterocycles. The number of aromatic amines is 1. The molecule has 0 saturated heterocycles. The minimum atomic E-state index is -0.0221. The Morgan fingerprint density at radius 3 is 2.61 bits per heavy atom. The lowest BCUT2D eigenvalue weighted by molar-refractivity contribution is -0.115. The molecule has 0 unspecified atom stereocenters. The fourth-order valence-corrected chi connectivity index (χ4v) is 2.80. The van der Waals surface area contributed by atoms with Gasteiger partial charge in [-0.25, -0.2) is 0 Å². The number of fused-ring (bicyclic) bond motifs is 1. The molecule has 0 aliphatic heterocycles. The molecule has 0 atom stereocenters. The number of carbonyl (C=O) groups is 1. The van der Waals surface area contributed by atoms with Crippen molar-refractivity contribution in [1.29, 1.82) is 0 Å². The van der Waals surface area contributed by atoms with Crippen molar-refractivity contribution in [2.24, 2.45) is 0 Å². The highest BCUT2D eigenvalue weighted by Gasteiger charge is 2.12. The van der Waals surface area contributed by atoms with Crippen molar-refractivity contribution in [2.75, 3.05) is 12.4 Å². The number of para-hydroxylation sites is 1. The van der Waals surface area contributed by atoms with E-state index in [-0.39, 0.29) is 5.91 Å². The van der Waals surface area contributed by atoms with E-state index >= 15 is 0 Å². The van der Waals surface area contributed by atoms with Crippen LogP contribution in [0, 0.1) is 13.8 Å². The molecule has 1 amide bonds. The van der Waals surface area contributed by atoms with Gasteiger partial charge in [0.25, 0.3) is 0 Å². The molecule has 1 heterocycles. The Kier molecular flexibility index (Phi) is 4.06. The summed E-state index contributed by atoms with van der Waals surface area (Å²) in [7, 11) is 1.64. The zero-order valence-corrected chi connectivity index (χ0v) is 13.6. The van der Waals surface area contributed by atoms with Crippen LogP contribution in [0.2, 0.25) is 0 Å². The van der Waals surface area contributed by atoms with Crippen molar-refractivity contribution >= 4 is 22.5 Å². The first-order chi connectivity index (χ1) is 11.1. The molecule has 23 heavy (non-hydrogen) atoms. The summed E-state index contributed by atoms with van der Waals surface area (Å²) in [5, 5.41) is 4.04. The Hall–Kier alpha value is -2.75. The van der Waals surface area contributed by atoms with Gasteiger partial charge in [-0.15, -0.1) is 0 Å². The highest BCUT2D eigenvalue weighted by atomic mass is 16.5. The van der Waals surface area contributed by atoms with Crippen LogP contribution in [0.15, 0.2) is 42.6 Å². The summed E-state index contributed by atoms with van der Waals surface area (Å²) < 4.78 is 5.26. The molecule has 0 saturated carbocycles. The van der Waals surface area contributed by atoms with E-state index in [9.17, 15) is 4.79 Å². The first kappa shape index (κ1) is 15.2. The lowest BCUT2D eigenvalue weighted by atomic mass is 10.1. The summed E-state index contributed by atoms with van der Waals surface area (Å²) in [5.41, 5.74) is 5.00. The van der Waals surface area contributed by atoms with Gasteiger partial charge in [0.15, 0.2) is 0 Å². The van der Waals surface area contributed by atoms with Crippen LogP contribution in [0.3, 0.4) is 0 Å². The second-order valence-electron chi connectivity index (χ2n) is 5.72. The van der Waals surface area contributed by atoms with E-state index in [1.807, 2.05) is 56.4 Å². The molecule has 0 spiro atoms. The number of rotatable bonds is 4. The number of aryl methyl sites for hydroxylation is 2. The SMILES string of the molecule is COc1ccc2[nH]cc(CC(=O)Nc3c(C)cccc3C)c2c1. The Morgan fingerprint density at radius 1 is 1.17 bits per heavy atom. The Labute approximate surface area is 135 Å². The molecule has 118 valence electrons. The zero-order valence-electron chi connectivity index (χ0n) is 13.6. The van der Waals surface area contributed by atoms with Crippen LogP contribution in [0.25, 0.3) is 10.9 Å².